The van der Waals surface area contributed by atoms with Crippen molar-refractivity contribution in [3.8, 4) is 0 Å². The molecule has 4 nitrogen and oxygen atoms in total. The topological polar surface area (TPSA) is 63.6 Å². The van der Waals surface area contributed by atoms with Crippen molar-refractivity contribution in [2.24, 2.45) is 0 Å². The van der Waals surface area contributed by atoms with E-state index in [1.54, 1.807) is 0 Å². The van der Waals surface area contributed by atoms with Crippen LogP contribution in [-0.2, 0) is 14.3 Å². The molecule has 0 rings (SSSR count). The quantitative estimate of drug-likeness (QED) is 0.0451. The van der Waals surface area contributed by atoms with Crippen LogP contribution in [-0.4, -0.2) is 23.1 Å². The van der Waals surface area contributed by atoms with Crippen molar-refractivity contribution in [1.29, 1.82) is 0 Å². The molecule has 1 atom stereocenters. The van der Waals surface area contributed by atoms with Gasteiger partial charge in [-0.3, -0.25) is 9.59 Å². The van der Waals surface area contributed by atoms with E-state index in [2.05, 4.69) is 38.2 Å². The van der Waals surface area contributed by atoms with Crippen molar-refractivity contribution >= 4 is 11.9 Å². The van der Waals surface area contributed by atoms with Crippen LogP contribution >= 0.6 is 0 Å². The van der Waals surface area contributed by atoms with Crippen molar-refractivity contribution in [2.75, 3.05) is 0 Å². The van der Waals surface area contributed by atoms with Crippen LogP contribution in [0, 0.1) is 0 Å². The minimum Gasteiger partial charge on any atom is -0.481 e. The van der Waals surface area contributed by atoms with Crippen LogP contribution in [0.25, 0.3) is 0 Å². The third-order valence-electron chi connectivity index (χ3n) is 8.43. The van der Waals surface area contributed by atoms with Crippen LogP contribution in [0.2, 0.25) is 0 Å². The maximum absolute atomic E-state index is 12.5. The van der Waals surface area contributed by atoms with Crippen molar-refractivity contribution in [1.82, 2.24) is 0 Å². The van der Waals surface area contributed by atoms with Gasteiger partial charge < -0.3 is 9.84 Å². The normalized spacial score (nSPS) is 12.4. The fraction of sp³-hybridized carbons (Fsp3) is 0.846. The predicted molar refractivity (Wildman–Crippen MR) is 186 cm³/mol. The smallest absolute Gasteiger partial charge is 0.306 e. The van der Waals surface area contributed by atoms with E-state index in [1.165, 1.54) is 128 Å². The second kappa shape index (κ2) is 34.9. The summed E-state index contributed by atoms with van der Waals surface area (Å²) in [6, 6.07) is 0. The second-order valence-electron chi connectivity index (χ2n) is 12.8. The molecule has 252 valence electrons. The monoisotopic (exact) mass is 605 g/mol. The van der Waals surface area contributed by atoms with Crippen molar-refractivity contribution in [3.63, 3.8) is 0 Å². The van der Waals surface area contributed by atoms with Crippen molar-refractivity contribution in [2.45, 2.75) is 213 Å². The summed E-state index contributed by atoms with van der Waals surface area (Å²) >= 11 is 0. The third-order valence-corrected chi connectivity index (χ3v) is 8.43. The summed E-state index contributed by atoms with van der Waals surface area (Å²) in [4.78, 5) is 23.3. The molecule has 0 aromatic carbocycles. The number of carbonyl (C=O) groups excluding carboxylic acids is 1. The first-order valence-corrected chi connectivity index (χ1v) is 18.8. The summed E-state index contributed by atoms with van der Waals surface area (Å²) in [6.07, 6.45) is 43.3. The molecule has 0 heterocycles. The van der Waals surface area contributed by atoms with E-state index < -0.39 is 5.97 Å². The number of carboxylic acids is 1. The first-order chi connectivity index (χ1) is 21.1. The Morgan fingerprint density at radius 2 is 0.907 bits per heavy atom. The molecule has 0 saturated carbocycles. The molecule has 0 saturated heterocycles. The Labute approximate surface area is 267 Å². The van der Waals surface area contributed by atoms with Crippen LogP contribution < -0.4 is 0 Å². The molecule has 43 heavy (non-hydrogen) atoms. The summed E-state index contributed by atoms with van der Waals surface area (Å²) in [5.41, 5.74) is 0. The van der Waals surface area contributed by atoms with Gasteiger partial charge in [0.05, 0.1) is 0 Å². The Hall–Kier alpha value is -1.58. The SMILES string of the molecule is CCCCC/C=C\C/C=C\CCCCCCCCCCCC(=O)OC(CCCCCCCCCCC)CCCCC(=O)O. The summed E-state index contributed by atoms with van der Waals surface area (Å²) < 4.78 is 5.87. The molecule has 0 bridgehead atoms. The molecule has 0 amide bonds. The van der Waals surface area contributed by atoms with Crippen molar-refractivity contribution in [3.05, 3.63) is 24.3 Å². The van der Waals surface area contributed by atoms with Gasteiger partial charge in [0.15, 0.2) is 0 Å². The number of unbranched alkanes of at least 4 members (excludes halogenated alkanes) is 21. The van der Waals surface area contributed by atoms with Gasteiger partial charge in [-0.15, -0.1) is 0 Å². The maximum Gasteiger partial charge on any atom is 0.306 e. The first kappa shape index (κ1) is 41.4. The lowest BCUT2D eigenvalue weighted by Crippen LogP contribution is -2.18. The minimum absolute atomic E-state index is 0.0431. The summed E-state index contributed by atoms with van der Waals surface area (Å²) in [6.45, 7) is 4.51. The number of carbonyl (C=O) groups is 2. The van der Waals surface area contributed by atoms with E-state index in [0.29, 0.717) is 12.8 Å². The van der Waals surface area contributed by atoms with Gasteiger partial charge in [-0.2, -0.15) is 0 Å². The summed E-state index contributed by atoms with van der Waals surface area (Å²) in [5, 5.41) is 8.91. The van der Waals surface area contributed by atoms with Crippen LogP contribution in [0.5, 0.6) is 0 Å². The molecular weight excluding hydrogens is 532 g/mol. The van der Waals surface area contributed by atoms with E-state index in [-0.39, 0.29) is 18.5 Å². The highest BCUT2D eigenvalue weighted by Crippen LogP contribution is 2.18. The maximum atomic E-state index is 12.5. The number of esters is 1. The summed E-state index contributed by atoms with van der Waals surface area (Å²) in [5.74, 6) is -0.802. The number of hydrogen-bond donors (Lipinski definition) is 1. The van der Waals surface area contributed by atoms with Gasteiger partial charge in [-0.1, -0.05) is 147 Å². The van der Waals surface area contributed by atoms with Gasteiger partial charge in [-0.25, -0.2) is 0 Å². The molecule has 0 aliphatic carbocycles. The van der Waals surface area contributed by atoms with Crippen LogP contribution in [0.3, 0.4) is 0 Å². The van der Waals surface area contributed by atoms with Crippen molar-refractivity contribution < 1.29 is 19.4 Å². The molecule has 1 N–H and O–H groups in total. The molecule has 4 heteroatoms. The Morgan fingerprint density at radius 3 is 1.44 bits per heavy atom. The van der Waals surface area contributed by atoms with Crippen LogP contribution in [0.15, 0.2) is 24.3 Å². The molecule has 1 unspecified atom stereocenters. The third kappa shape index (κ3) is 34.8. The number of hydrogen-bond acceptors (Lipinski definition) is 3. The zero-order chi connectivity index (χ0) is 31.5. The lowest BCUT2D eigenvalue weighted by atomic mass is 10.0. The van der Waals surface area contributed by atoms with E-state index in [4.69, 9.17) is 9.84 Å². The average Bonchev–Trinajstić information content (AvgIpc) is 2.99. The molecule has 0 fully saturated rings. The summed E-state index contributed by atoms with van der Waals surface area (Å²) in [7, 11) is 0. The van der Waals surface area contributed by atoms with Gasteiger partial charge in [-0.05, 0) is 70.6 Å². The highest BCUT2D eigenvalue weighted by Gasteiger charge is 2.14. The van der Waals surface area contributed by atoms with Gasteiger partial charge in [0, 0.05) is 12.8 Å². The molecular formula is C39H72O4. The fourth-order valence-electron chi connectivity index (χ4n) is 5.63. The Balaban J connectivity index is 3.81. The highest BCUT2D eigenvalue weighted by atomic mass is 16.5. The van der Waals surface area contributed by atoms with Crippen LogP contribution in [0.1, 0.15) is 206 Å². The first-order valence-electron chi connectivity index (χ1n) is 18.8. The molecule has 0 aliphatic rings. The molecule has 0 aromatic heterocycles. The van der Waals surface area contributed by atoms with Gasteiger partial charge >= 0.3 is 11.9 Å². The number of rotatable bonds is 34. The average molecular weight is 605 g/mol. The lowest BCUT2D eigenvalue weighted by Gasteiger charge is -2.18. The van der Waals surface area contributed by atoms with Gasteiger partial charge in [0.1, 0.15) is 6.10 Å². The van der Waals surface area contributed by atoms with E-state index in [1.807, 2.05) is 0 Å². The van der Waals surface area contributed by atoms with E-state index in [9.17, 15) is 9.59 Å². The van der Waals surface area contributed by atoms with Gasteiger partial charge in [0.25, 0.3) is 0 Å². The predicted octanol–water partition coefficient (Wildman–Crippen LogP) is 12.8. The number of aliphatic carboxylic acids is 1. The number of allylic oxidation sites excluding steroid dienone is 4. The lowest BCUT2D eigenvalue weighted by molar-refractivity contribution is -0.150. The highest BCUT2D eigenvalue weighted by molar-refractivity contribution is 5.69. The minimum atomic E-state index is -0.743. The van der Waals surface area contributed by atoms with E-state index >= 15 is 0 Å². The number of ether oxygens (including phenoxy) is 1. The fourth-order valence-corrected chi connectivity index (χ4v) is 5.63. The van der Waals surface area contributed by atoms with Crippen LogP contribution in [0.4, 0.5) is 0 Å². The zero-order valence-electron chi connectivity index (χ0n) is 28.8. The Kier molecular flexibility index (Phi) is 33.6. The second-order valence-corrected chi connectivity index (χ2v) is 12.8. The standard InChI is InChI=1S/C39H72O4/c1-3-5-7-9-11-13-14-15-16-17-18-19-20-21-22-24-26-28-30-36-39(42)43-37(34-31-32-35-38(40)41)33-29-27-25-23-12-10-8-6-4-2/h11,13,15-16,37H,3-10,12,14,17-36H2,1-2H3,(H,40,41)/b13-11-,16-15-. The molecule has 0 spiro atoms. The van der Waals surface area contributed by atoms with Gasteiger partial charge in [0.2, 0.25) is 0 Å². The molecule has 0 aromatic rings. The molecule has 0 radical (unpaired) electrons. The Morgan fingerprint density at radius 1 is 0.512 bits per heavy atom. The Bertz CT molecular complexity index is 654. The molecule has 0 aliphatic heterocycles. The number of carboxylic acid groups (broad SMARTS) is 1. The largest absolute Gasteiger partial charge is 0.481 e. The zero-order valence-corrected chi connectivity index (χ0v) is 28.8. The van der Waals surface area contributed by atoms with E-state index in [0.717, 1.165) is 44.9 Å².